The summed E-state index contributed by atoms with van der Waals surface area (Å²) in [5.74, 6) is 3.24. The second-order valence-corrected chi connectivity index (χ2v) is 5.25. The SMILES string of the molecule is CCc1nc(N)nc(C2CSc3ccccc3O2)n1. The Labute approximate surface area is 115 Å². The zero-order valence-electron chi connectivity index (χ0n) is 10.5. The monoisotopic (exact) mass is 274 g/mol. The Balaban J connectivity index is 1.90. The van der Waals surface area contributed by atoms with Crippen molar-refractivity contribution >= 4 is 17.7 Å². The molecule has 2 aromatic rings. The average Bonchev–Trinajstić information content (AvgIpc) is 2.46. The van der Waals surface area contributed by atoms with Gasteiger partial charge in [0.2, 0.25) is 5.95 Å². The summed E-state index contributed by atoms with van der Waals surface area (Å²) in [6, 6.07) is 7.97. The van der Waals surface area contributed by atoms with Gasteiger partial charge in [-0.3, -0.25) is 0 Å². The first kappa shape index (κ1) is 12.2. The van der Waals surface area contributed by atoms with E-state index in [1.165, 1.54) is 0 Å². The number of nitrogens with two attached hydrogens (primary N) is 1. The van der Waals surface area contributed by atoms with Gasteiger partial charge < -0.3 is 10.5 Å². The van der Waals surface area contributed by atoms with Gasteiger partial charge in [-0.2, -0.15) is 9.97 Å². The number of benzene rings is 1. The number of ether oxygens (including phenoxy) is 1. The highest BCUT2D eigenvalue weighted by Crippen LogP contribution is 2.39. The van der Waals surface area contributed by atoms with Crippen LogP contribution in [0, 0.1) is 0 Å². The molecule has 1 aliphatic heterocycles. The Kier molecular flexibility index (Phi) is 3.25. The number of para-hydroxylation sites is 1. The highest BCUT2D eigenvalue weighted by atomic mass is 32.2. The second-order valence-electron chi connectivity index (χ2n) is 4.19. The minimum absolute atomic E-state index is 0.171. The summed E-state index contributed by atoms with van der Waals surface area (Å²) in [6.45, 7) is 1.99. The van der Waals surface area contributed by atoms with E-state index in [0.717, 1.165) is 22.8 Å². The molecule has 0 aliphatic carbocycles. The standard InChI is InChI=1S/C13H14N4OS/c1-2-11-15-12(17-13(14)16-11)9-7-19-10-6-4-3-5-8(10)18-9/h3-6,9H,2,7H2,1H3,(H2,14,15,16,17). The molecule has 1 atom stereocenters. The third-order valence-corrected chi connectivity index (χ3v) is 3.95. The molecule has 3 rings (SSSR count). The maximum Gasteiger partial charge on any atom is 0.223 e. The lowest BCUT2D eigenvalue weighted by molar-refractivity contribution is 0.209. The number of nitrogen functional groups attached to an aromatic ring is 1. The molecular formula is C13H14N4OS. The number of aromatic nitrogens is 3. The van der Waals surface area contributed by atoms with Crippen LogP contribution < -0.4 is 10.5 Å². The molecule has 6 heteroatoms. The fourth-order valence-corrected chi connectivity index (χ4v) is 2.89. The van der Waals surface area contributed by atoms with E-state index in [1.54, 1.807) is 11.8 Å². The summed E-state index contributed by atoms with van der Waals surface area (Å²) < 4.78 is 5.94. The second kappa shape index (κ2) is 5.05. The van der Waals surface area contributed by atoms with Crippen molar-refractivity contribution in [3.05, 3.63) is 35.9 Å². The van der Waals surface area contributed by atoms with Gasteiger partial charge in [-0.1, -0.05) is 19.1 Å². The Morgan fingerprint density at radius 1 is 1.32 bits per heavy atom. The molecule has 0 fully saturated rings. The van der Waals surface area contributed by atoms with Crippen molar-refractivity contribution in [3.63, 3.8) is 0 Å². The highest BCUT2D eigenvalue weighted by Gasteiger charge is 2.24. The van der Waals surface area contributed by atoms with Crippen molar-refractivity contribution in [2.24, 2.45) is 0 Å². The smallest absolute Gasteiger partial charge is 0.223 e. The van der Waals surface area contributed by atoms with Crippen LogP contribution in [0.3, 0.4) is 0 Å². The molecule has 2 N–H and O–H groups in total. The number of anilines is 1. The third-order valence-electron chi connectivity index (χ3n) is 2.83. The minimum Gasteiger partial charge on any atom is -0.480 e. The Hall–Kier alpha value is -1.82. The quantitative estimate of drug-likeness (QED) is 0.905. The summed E-state index contributed by atoms with van der Waals surface area (Å²) >= 11 is 1.74. The summed E-state index contributed by atoms with van der Waals surface area (Å²) in [5, 5.41) is 0. The van der Waals surface area contributed by atoms with Crippen molar-refractivity contribution in [3.8, 4) is 5.75 Å². The molecule has 98 valence electrons. The number of thioether (sulfide) groups is 1. The zero-order valence-corrected chi connectivity index (χ0v) is 11.4. The fourth-order valence-electron chi connectivity index (χ4n) is 1.91. The Morgan fingerprint density at radius 3 is 3.00 bits per heavy atom. The molecule has 2 heterocycles. The number of hydrogen-bond acceptors (Lipinski definition) is 6. The lowest BCUT2D eigenvalue weighted by atomic mass is 10.3. The summed E-state index contributed by atoms with van der Waals surface area (Å²) in [6.07, 6.45) is 0.561. The van der Waals surface area contributed by atoms with Crippen molar-refractivity contribution in [1.82, 2.24) is 15.0 Å². The minimum atomic E-state index is -0.171. The molecule has 1 aromatic heterocycles. The van der Waals surface area contributed by atoms with E-state index in [9.17, 15) is 0 Å². The molecular weight excluding hydrogens is 260 g/mol. The maximum atomic E-state index is 5.94. The van der Waals surface area contributed by atoms with Gasteiger partial charge in [0.15, 0.2) is 11.9 Å². The predicted octanol–water partition coefficient (Wildman–Crippen LogP) is 2.24. The van der Waals surface area contributed by atoms with Gasteiger partial charge in [0.25, 0.3) is 0 Å². The van der Waals surface area contributed by atoms with Gasteiger partial charge in [0.1, 0.15) is 11.6 Å². The number of fused-ring (bicyclic) bond motifs is 1. The fraction of sp³-hybridized carbons (Fsp3) is 0.308. The first-order chi connectivity index (χ1) is 9.26. The van der Waals surface area contributed by atoms with Gasteiger partial charge in [-0.15, -0.1) is 11.8 Å². The number of aryl methyl sites for hydroxylation is 1. The molecule has 1 aromatic carbocycles. The van der Waals surface area contributed by atoms with E-state index in [2.05, 4.69) is 21.0 Å². The summed E-state index contributed by atoms with van der Waals surface area (Å²) in [4.78, 5) is 13.8. The molecule has 0 radical (unpaired) electrons. The van der Waals surface area contributed by atoms with Crippen LogP contribution in [0.2, 0.25) is 0 Å². The van der Waals surface area contributed by atoms with Crippen molar-refractivity contribution in [2.75, 3.05) is 11.5 Å². The van der Waals surface area contributed by atoms with Gasteiger partial charge in [-0.05, 0) is 12.1 Å². The van der Waals surface area contributed by atoms with E-state index in [-0.39, 0.29) is 12.1 Å². The van der Waals surface area contributed by atoms with E-state index in [1.807, 2.05) is 25.1 Å². The van der Waals surface area contributed by atoms with Crippen LogP contribution in [0.1, 0.15) is 24.7 Å². The molecule has 1 aliphatic rings. The number of hydrogen-bond donors (Lipinski definition) is 1. The molecule has 5 nitrogen and oxygen atoms in total. The first-order valence-electron chi connectivity index (χ1n) is 6.15. The molecule has 0 spiro atoms. The lowest BCUT2D eigenvalue weighted by Crippen LogP contribution is -2.19. The number of nitrogens with zero attached hydrogens (tertiary/aromatic N) is 3. The molecule has 0 saturated carbocycles. The van der Waals surface area contributed by atoms with Crippen LogP contribution in [0.4, 0.5) is 5.95 Å². The topological polar surface area (TPSA) is 73.9 Å². The zero-order chi connectivity index (χ0) is 13.2. The van der Waals surface area contributed by atoms with Gasteiger partial charge in [0, 0.05) is 17.1 Å². The Morgan fingerprint density at radius 2 is 2.16 bits per heavy atom. The van der Waals surface area contributed by atoms with Gasteiger partial charge >= 0.3 is 0 Å². The summed E-state index contributed by atoms with van der Waals surface area (Å²) in [5.41, 5.74) is 5.71. The molecule has 19 heavy (non-hydrogen) atoms. The van der Waals surface area contributed by atoms with E-state index < -0.39 is 0 Å². The van der Waals surface area contributed by atoms with Gasteiger partial charge in [0.05, 0.1) is 0 Å². The molecule has 0 bridgehead atoms. The van der Waals surface area contributed by atoms with E-state index in [0.29, 0.717) is 11.6 Å². The number of rotatable bonds is 2. The van der Waals surface area contributed by atoms with Crippen LogP contribution >= 0.6 is 11.8 Å². The van der Waals surface area contributed by atoms with E-state index in [4.69, 9.17) is 10.5 Å². The predicted molar refractivity (Wildman–Crippen MR) is 74.2 cm³/mol. The summed E-state index contributed by atoms with van der Waals surface area (Å²) in [7, 11) is 0. The van der Waals surface area contributed by atoms with Gasteiger partial charge in [-0.25, -0.2) is 4.98 Å². The lowest BCUT2D eigenvalue weighted by Gasteiger charge is -2.24. The normalized spacial score (nSPS) is 17.6. The van der Waals surface area contributed by atoms with Crippen LogP contribution in [0.25, 0.3) is 0 Å². The Bertz CT molecular complexity index is 605. The van der Waals surface area contributed by atoms with Crippen LogP contribution in [0.5, 0.6) is 5.75 Å². The maximum absolute atomic E-state index is 5.94. The first-order valence-corrected chi connectivity index (χ1v) is 7.13. The molecule has 0 amide bonds. The van der Waals surface area contributed by atoms with Crippen molar-refractivity contribution in [2.45, 2.75) is 24.3 Å². The molecule has 1 unspecified atom stereocenters. The van der Waals surface area contributed by atoms with E-state index >= 15 is 0 Å². The largest absolute Gasteiger partial charge is 0.480 e. The van der Waals surface area contributed by atoms with Crippen molar-refractivity contribution in [1.29, 1.82) is 0 Å². The van der Waals surface area contributed by atoms with Crippen LogP contribution in [0.15, 0.2) is 29.2 Å². The highest BCUT2D eigenvalue weighted by molar-refractivity contribution is 7.99. The van der Waals surface area contributed by atoms with Crippen LogP contribution in [-0.4, -0.2) is 20.7 Å². The van der Waals surface area contributed by atoms with Crippen LogP contribution in [-0.2, 0) is 6.42 Å². The molecule has 0 saturated heterocycles. The average molecular weight is 274 g/mol. The van der Waals surface area contributed by atoms with Crippen molar-refractivity contribution < 1.29 is 4.74 Å². The third kappa shape index (κ3) is 2.49.